The maximum absolute atomic E-state index is 13.5. The molecule has 0 aliphatic heterocycles. The molecule has 0 amide bonds. The van der Waals surface area contributed by atoms with Gasteiger partial charge in [0.15, 0.2) is 11.4 Å². The second-order valence-corrected chi connectivity index (χ2v) is 16.5. The third-order valence-electron chi connectivity index (χ3n) is 13.8. The number of nitro groups is 1. The number of ether oxygens (including phenoxy) is 3. The molecule has 4 fully saturated rings. The van der Waals surface area contributed by atoms with Crippen LogP contribution in [0.4, 0.5) is 0 Å². The van der Waals surface area contributed by atoms with Crippen molar-refractivity contribution in [1.29, 1.82) is 5.41 Å². The van der Waals surface area contributed by atoms with Crippen molar-refractivity contribution in [1.82, 2.24) is 5.32 Å². The van der Waals surface area contributed by atoms with Crippen LogP contribution in [0.2, 0.25) is 0 Å². The van der Waals surface area contributed by atoms with Gasteiger partial charge < -0.3 is 29.8 Å². The minimum Gasteiger partial charge on any atom is -0.481 e. The van der Waals surface area contributed by atoms with E-state index in [9.17, 15) is 34.8 Å². The lowest BCUT2D eigenvalue weighted by atomic mass is 9.44. The van der Waals surface area contributed by atoms with Crippen molar-refractivity contribution in [2.24, 2.45) is 56.6 Å². The van der Waals surface area contributed by atoms with Crippen LogP contribution in [0.15, 0.2) is 33.8 Å². The average Bonchev–Trinajstić information content (AvgIpc) is 3.50. The lowest BCUT2D eigenvalue weighted by molar-refractivity contribution is -0.414. The Hall–Kier alpha value is -4.50. The fourth-order valence-electron chi connectivity index (χ4n) is 11.1. The van der Waals surface area contributed by atoms with Gasteiger partial charge in [-0.1, -0.05) is 31.0 Å². The number of aliphatic carboxylic acids is 1. The maximum atomic E-state index is 13.5. The Kier molecular flexibility index (Phi) is 13.6. The SMILES string of the molecule is C[C@H](CCC(=O)OCCOCCN=[N+]=[N-])C1CC[C@H]2[C@@H]3CC[C@@H]4C[C@H](OC(=O)[C@H](CC(=O)O)NC5=CC=C([N+](=O)[O-])C(=N)/C5=N\O)CC[C@]4(C)[C@H]3CC[C@]12C. The molecule has 55 heavy (non-hydrogen) atoms. The molecule has 0 radical (unpaired) electrons. The second kappa shape index (κ2) is 18.0. The van der Waals surface area contributed by atoms with E-state index in [4.69, 9.17) is 25.2 Å². The molecule has 0 heterocycles. The number of oxime groups is 1. The molecule has 4 N–H and O–H groups in total. The molecule has 10 atom stereocenters. The Morgan fingerprint density at radius 1 is 1.09 bits per heavy atom. The van der Waals surface area contributed by atoms with Crippen molar-refractivity contribution in [2.75, 3.05) is 26.4 Å². The molecular weight excluding hydrogens is 714 g/mol. The normalized spacial score (nSPS) is 33.0. The molecular formula is C38H55N7O10. The largest absolute Gasteiger partial charge is 0.481 e. The smallest absolute Gasteiger partial charge is 0.329 e. The van der Waals surface area contributed by atoms with E-state index in [0.717, 1.165) is 44.6 Å². The van der Waals surface area contributed by atoms with Crippen molar-refractivity contribution in [3.8, 4) is 0 Å². The van der Waals surface area contributed by atoms with Gasteiger partial charge in [0.1, 0.15) is 18.8 Å². The molecule has 0 bridgehead atoms. The summed E-state index contributed by atoms with van der Waals surface area (Å²) in [5.41, 5.74) is 6.79. The van der Waals surface area contributed by atoms with Crippen molar-refractivity contribution >= 4 is 29.3 Å². The summed E-state index contributed by atoms with van der Waals surface area (Å²) in [7, 11) is 0. The number of nitrogens with zero attached hydrogens (tertiary/aromatic N) is 5. The van der Waals surface area contributed by atoms with Gasteiger partial charge in [-0.2, -0.15) is 0 Å². The van der Waals surface area contributed by atoms with Crippen molar-refractivity contribution in [2.45, 2.75) is 110 Å². The van der Waals surface area contributed by atoms with Crippen molar-refractivity contribution in [3.63, 3.8) is 0 Å². The minimum absolute atomic E-state index is 0.0929. The number of allylic oxidation sites excluding steroid dienone is 4. The number of carbonyl (C=O) groups excluding carboxylic acids is 2. The first-order chi connectivity index (χ1) is 26.2. The molecule has 17 heteroatoms. The van der Waals surface area contributed by atoms with E-state index in [1.807, 2.05) is 0 Å². The van der Waals surface area contributed by atoms with Gasteiger partial charge in [-0.05, 0) is 122 Å². The number of carboxylic acids is 1. The first-order valence-electron chi connectivity index (χ1n) is 19.5. The monoisotopic (exact) mass is 769 g/mol. The summed E-state index contributed by atoms with van der Waals surface area (Å²) in [6.45, 7) is 8.19. The van der Waals surface area contributed by atoms with E-state index in [2.05, 4.69) is 41.3 Å². The molecule has 0 aromatic heterocycles. The van der Waals surface area contributed by atoms with Gasteiger partial charge in [-0.25, -0.2) is 4.79 Å². The Morgan fingerprint density at radius 2 is 1.84 bits per heavy atom. The molecule has 4 saturated carbocycles. The molecule has 0 spiro atoms. The fourth-order valence-corrected chi connectivity index (χ4v) is 11.1. The lowest BCUT2D eigenvalue weighted by Crippen LogP contribution is -2.54. The number of fused-ring (bicyclic) bond motifs is 5. The summed E-state index contributed by atoms with van der Waals surface area (Å²) in [5.74, 6) is 0.861. The number of carbonyl (C=O) groups is 3. The molecule has 5 rings (SSSR count). The predicted molar refractivity (Wildman–Crippen MR) is 199 cm³/mol. The number of esters is 2. The lowest BCUT2D eigenvalue weighted by Gasteiger charge is -2.61. The van der Waals surface area contributed by atoms with Crippen LogP contribution in [0.5, 0.6) is 0 Å². The third-order valence-corrected chi connectivity index (χ3v) is 13.8. The highest BCUT2D eigenvalue weighted by molar-refractivity contribution is 6.52. The third kappa shape index (κ3) is 9.15. The second-order valence-electron chi connectivity index (χ2n) is 16.5. The molecule has 17 nitrogen and oxygen atoms in total. The average molecular weight is 770 g/mol. The van der Waals surface area contributed by atoms with Gasteiger partial charge in [0, 0.05) is 24.0 Å². The fraction of sp³-hybridized carbons (Fsp3) is 0.763. The Labute approximate surface area is 320 Å². The first kappa shape index (κ1) is 41.7. The van der Waals surface area contributed by atoms with E-state index in [1.54, 1.807) is 0 Å². The summed E-state index contributed by atoms with van der Waals surface area (Å²) in [5, 5.41) is 47.5. The highest BCUT2D eigenvalue weighted by atomic mass is 16.6. The highest BCUT2D eigenvalue weighted by Crippen LogP contribution is 2.68. The summed E-state index contributed by atoms with van der Waals surface area (Å²) < 4.78 is 16.7. The first-order valence-corrected chi connectivity index (χ1v) is 19.5. The molecule has 0 aromatic carbocycles. The van der Waals surface area contributed by atoms with Crippen molar-refractivity contribution < 1.29 is 43.8 Å². The van der Waals surface area contributed by atoms with Gasteiger partial charge in [0.2, 0.25) is 0 Å². The van der Waals surface area contributed by atoms with Crippen LogP contribution in [0.3, 0.4) is 0 Å². The number of carboxylic acid groups (broad SMARTS) is 1. The van der Waals surface area contributed by atoms with Crippen LogP contribution in [0, 0.1) is 61.9 Å². The number of hydrogen-bond acceptors (Lipinski definition) is 13. The predicted octanol–water partition coefficient (Wildman–Crippen LogP) is 6.18. The van der Waals surface area contributed by atoms with E-state index in [1.165, 1.54) is 18.9 Å². The quantitative estimate of drug-likeness (QED) is 0.0149. The molecule has 0 aromatic rings. The molecule has 1 unspecified atom stereocenters. The van der Waals surface area contributed by atoms with Gasteiger partial charge >= 0.3 is 17.9 Å². The van der Waals surface area contributed by atoms with Crippen LogP contribution in [-0.2, 0) is 28.6 Å². The molecule has 5 aliphatic rings. The minimum atomic E-state index is -1.37. The topological polar surface area (TPSA) is 260 Å². The molecule has 302 valence electrons. The van der Waals surface area contributed by atoms with Crippen LogP contribution < -0.4 is 5.32 Å². The summed E-state index contributed by atoms with van der Waals surface area (Å²) in [6.07, 6.45) is 11.4. The standard InChI is InChI=1S/C38H55N7O10/c1-22(4-11-33(48)54-19-18-53-17-16-41-44-40)26-7-8-27-25-6-5-23-20-24(12-14-37(23,2)28(25)13-15-38(26,27)3)55-36(49)30(21-32(46)47)42-29-9-10-31(45(51)52)34(39)35(29)43-50/h9-10,22-28,30,39,42,50H,4-8,11-21H2,1-3H3,(H,46,47)/b39-34?,43-35-/t22-,23-,24-,25+,26?,27+,28+,30+,37+,38-/m1/s1. The van der Waals surface area contributed by atoms with Crippen LogP contribution in [0.1, 0.15) is 97.8 Å². The molecule has 0 saturated heterocycles. The zero-order valence-electron chi connectivity index (χ0n) is 32.0. The van der Waals surface area contributed by atoms with Crippen LogP contribution in [-0.4, -0.2) is 83.1 Å². The van der Waals surface area contributed by atoms with Crippen LogP contribution >= 0.6 is 0 Å². The van der Waals surface area contributed by atoms with E-state index in [-0.39, 0.29) is 48.4 Å². The number of azide groups is 1. The maximum Gasteiger partial charge on any atom is 0.329 e. The zero-order valence-corrected chi connectivity index (χ0v) is 32.0. The van der Waals surface area contributed by atoms with E-state index >= 15 is 0 Å². The summed E-state index contributed by atoms with van der Waals surface area (Å²) >= 11 is 0. The van der Waals surface area contributed by atoms with Gasteiger partial charge in [0.25, 0.3) is 5.70 Å². The van der Waals surface area contributed by atoms with E-state index < -0.39 is 46.4 Å². The van der Waals surface area contributed by atoms with Crippen molar-refractivity contribution in [3.05, 3.63) is 44.1 Å². The Balaban J connectivity index is 1.14. The summed E-state index contributed by atoms with van der Waals surface area (Å²) in [6, 6.07) is -1.37. The zero-order chi connectivity index (χ0) is 39.9. The van der Waals surface area contributed by atoms with Gasteiger partial charge in [-0.3, -0.25) is 25.1 Å². The molecule has 5 aliphatic carbocycles. The highest BCUT2D eigenvalue weighted by Gasteiger charge is 2.60. The number of nitrogens with one attached hydrogen (secondary N) is 2. The van der Waals surface area contributed by atoms with Gasteiger partial charge in [0.05, 0.1) is 30.3 Å². The number of hydrogen-bond donors (Lipinski definition) is 4. The van der Waals surface area contributed by atoms with E-state index in [0.29, 0.717) is 61.4 Å². The number of rotatable bonds is 17. The summed E-state index contributed by atoms with van der Waals surface area (Å²) in [4.78, 5) is 50.8. The van der Waals surface area contributed by atoms with Gasteiger partial charge in [-0.15, -0.1) is 0 Å². The Morgan fingerprint density at radius 3 is 2.55 bits per heavy atom. The van der Waals surface area contributed by atoms with Crippen LogP contribution in [0.25, 0.3) is 10.4 Å². The Bertz CT molecular complexity index is 1640.